The molecule has 0 N–H and O–H groups in total. The Morgan fingerprint density at radius 3 is 1.10 bits per heavy atom. The van der Waals surface area contributed by atoms with E-state index in [1.54, 1.807) is 24.3 Å². The van der Waals surface area contributed by atoms with Crippen LogP contribution in [0, 0.1) is 0 Å². The van der Waals surface area contributed by atoms with Gasteiger partial charge in [0.1, 0.15) is 0 Å². The van der Waals surface area contributed by atoms with E-state index in [0.717, 1.165) is 9.79 Å². The molecule has 0 saturated heterocycles. The summed E-state index contributed by atoms with van der Waals surface area (Å²) in [5.74, 6) is 0. The molecule has 2 aromatic carbocycles. The lowest BCUT2D eigenvalue weighted by Gasteiger charge is -2.04. The lowest BCUT2D eigenvalue weighted by atomic mass is 10.2. The minimum atomic E-state index is -2.47. The number of hydrogen-bond acceptors (Lipinski definition) is 2. The van der Waals surface area contributed by atoms with E-state index in [1.165, 1.54) is 45.9 Å². The molecule has 0 spiro atoms. The van der Waals surface area contributed by atoms with Crippen molar-refractivity contribution in [2.75, 3.05) is 0 Å². The number of hydrogen-bond donors (Lipinski definition) is 0. The summed E-state index contributed by atoms with van der Waals surface area (Å²) >= 11 is 0. The fourth-order valence-electron chi connectivity index (χ4n) is 1.43. The number of alkyl halides is 4. The van der Waals surface area contributed by atoms with Gasteiger partial charge in [-0.25, -0.2) is 17.6 Å². The average Bonchev–Trinajstić information content (AvgIpc) is 2.46. The monoisotopic (exact) mass is 318 g/mol. The fraction of sp³-hybridized carbons (Fsp3) is 0.143. The first kappa shape index (κ1) is 15.3. The van der Waals surface area contributed by atoms with Crippen molar-refractivity contribution >= 4 is 21.6 Å². The standard InChI is InChI=1S/C14H10F4S2/c15-13(16)9-1-5-11(6-2-9)19-20-12-7-3-10(4-8-12)14(17)18/h1-8,13-14H. The molecule has 2 rings (SSSR count). The van der Waals surface area contributed by atoms with E-state index in [2.05, 4.69) is 0 Å². The van der Waals surface area contributed by atoms with Crippen LogP contribution in [0.3, 0.4) is 0 Å². The first-order chi connectivity index (χ1) is 9.56. The largest absolute Gasteiger partial charge is 0.263 e. The topological polar surface area (TPSA) is 0 Å². The van der Waals surface area contributed by atoms with Gasteiger partial charge in [-0.3, -0.25) is 0 Å². The molecule has 0 aliphatic heterocycles. The quantitative estimate of drug-likeness (QED) is 0.464. The van der Waals surface area contributed by atoms with Crippen molar-refractivity contribution in [3.05, 3.63) is 59.7 Å². The van der Waals surface area contributed by atoms with Gasteiger partial charge in [0, 0.05) is 20.9 Å². The van der Waals surface area contributed by atoms with Crippen LogP contribution in [-0.2, 0) is 0 Å². The van der Waals surface area contributed by atoms with Gasteiger partial charge in [-0.2, -0.15) is 0 Å². The molecule has 0 heterocycles. The second-order valence-corrected chi connectivity index (χ2v) is 6.18. The van der Waals surface area contributed by atoms with Crippen molar-refractivity contribution in [1.82, 2.24) is 0 Å². The molecule has 20 heavy (non-hydrogen) atoms. The van der Waals surface area contributed by atoms with Gasteiger partial charge >= 0.3 is 0 Å². The van der Waals surface area contributed by atoms with Crippen LogP contribution < -0.4 is 0 Å². The van der Waals surface area contributed by atoms with Crippen LogP contribution in [0.2, 0.25) is 0 Å². The fourth-order valence-corrected chi connectivity index (χ4v) is 3.36. The molecule has 0 nitrogen and oxygen atoms in total. The lowest BCUT2D eigenvalue weighted by Crippen LogP contribution is -1.83. The summed E-state index contributed by atoms with van der Waals surface area (Å²) in [5.41, 5.74) is -0.0266. The SMILES string of the molecule is FC(F)c1ccc(SSc2ccc(C(F)F)cc2)cc1. The minimum absolute atomic E-state index is 0.0133. The highest BCUT2D eigenvalue weighted by Gasteiger charge is 2.08. The van der Waals surface area contributed by atoms with Gasteiger partial charge in [0.25, 0.3) is 12.9 Å². The summed E-state index contributed by atoms with van der Waals surface area (Å²) in [6.07, 6.45) is -4.94. The molecule has 106 valence electrons. The summed E-state index contributed by atoms with van der Waals surface area (Å²) in [6.45, 7) is 0. The molecule has 6 heteroatoms. The number of halogens is 4. The molecule has 0 fully saturated rings. The van der Waals surface area contributed by atoms with Crippen molar-refractivity contribution in [2.24, 2.45) is 0 Å². The van der Waals surface area contributed by atoms with E-state index in [9.17, 15) is 17.6 Å². The Kier molecular flexibility index (Phi) is 5.37. The maximum absolute atomic E-state index is 12.4. The molecule has 0 aliphatic rings. The van der Waals surface area contributed by atoms with E-state index >= 15 is 0 Å². The Bertz CT molecular complexity index is 487. The smallest absolute Gasteiger partial charge is 0.205 e. The zero-order valence-electron chi connectivity index (χ0n) is 10.1. The van der Waals surface area contributed by atoms with Crippen molar-refractivity contribution in [2.45, 2.75) is 22.6 Å². The van der Waals surface area contributed by atoms with Crippen molar-refractivity contribution < 1.29 is 17.6 Å². The van der Waals surface area contributed by atoms with Gasteiger partial charge in [0.2, 0.25) is 0 Å². The van der Waals surface area contributed by atoms with Gasteiger partial charge < -0.3 is 0 Å². The Labute approximate surface area is 122 Å². The maximum Gasteiger partial charge on any atom is 0.263 e. The van der Waals surface area contributed by atoms with E-state index in [4.69, 9.17) is 0 Å². The second kappa shape index (κ2) is 7.04. The van der Waals surface area contributed by atoms with E-state index in [0.29, 0.717) is 0 Å². The minimum Gasteiger partial charge on any atom is -0.205 e. The Hall–Kier alpha value is -1.14. The Morgan fingerprint density at radius 2 is 0.850 bits per heavy atom. The van der Waals surface area contributed by atoms with E-state index < -0.39 is 12.9 Å². The molecule has 0 aliphatic carbocycles. The van der Waals surface area contributed by atoms with Crippen LogP contribution in [0.4, 0.5) is 17.6 Å². The molecular formula is C14H10F4S2. The number of rotatable bonds is 5. The highest BCUT2D eigenvalue weighted by molar-refractivity contribution is 8.76. The van der Waals surface area contributed by atoms with Crippen LogP contribution in [0.25, 0.3) is 0 Å². The van der Waals surface area contributed by atoms with Gasteiger partial charge in [0.05, 0.1) is 0 Å². The first-order valence-electron chi connectivity index (χ1n) is 5.67. The van der Waals surface area contributed by atoms with Crippen molar-refractivity contribution in [3.8, 4) is 0 Å². The first-order valence-corrected chi connectivity index (χ1v) is 7.82. The maximum atomic E-state index is 12.4. The van der Waals surface area contributed by atoms with Crippen LogP contribution >= 0.6 is 21.6 Å². The molecule has 2 aromatic rings. The highest BCUT2D eigenvalue weighted by atomic mass is 33.1. The van der Waals surface area contributed by atoms with Crippen molar-refractivity contribution in [3.63, 3.8) is 0 Å². The van der Waals surface area contributed by atoms with Crippen LogP contribution in [0.5, 0.6) is 0 Å². The predicted octanol–water partition coefficient (Wildman–Crippen LogP) is 6.36. The summed E-state index contributed by atoms with van der Waals surface area (Å²) in [7, 11) is 2.78. The van der Waals surface area contributed by atoms with Crippen LogP contribution in [0.1, 0.15) is 24.0 Å². The van der Waals surface area contributed by atoms with Crippen LogP contribution in [-0.4, -0.2) is 0 Å². The Balaban J connectivity index is 1.94. The van der Waals surface area contributed by atoms with Crippen LogP contribution in [0.15, 0.2) is 58.3 Å². The summed E-state index contributed by atoms with van der Waals surface area (Å²) in [4.78, 5) is 1.66. The molecule has 0 radical (unpaired) electrons. The van der Waals surface area contributed by atoms with Gasteiger partial charge in [-0.15, -0.1) is 0 Å². The van der Waals surface area contributed by atoms with E-state index in [-0.39, 0.29) is 11.1 Å². The molecule has 0 atom stereocenters. The zero-order chi connectivity index (χ0) is 14.5. The van der Waals surface area contributed by atoms with Gasteiger partial charge in [-0.05, 0) is 24.3 Å². The third kappa shape index (κ3) is 4.18. The summed E-state index contributed by atoms with van der Waals surface area (Å²) in [6, 6.07) is 12.0. The van der Waals surface area contributed by atoms with E-state index in [1.807, 2.05) is 0 Å². The molecule has 0 saturated carbocycles. The third-order valence-corrected chi connectivity index (χ3v) is 4.92. The van der Waals surface area contributed by atoms with Gasteiger partial charge in [0.15, 0.2) is 0 Å². The molecular weight excluding hydrogens is 308 g/mol. The lowest BCUT2D eigenvalue weighted by molar-refractivity contribution is 0.151. The van der Waals surface area contributed by atoms with Gasteiger partial charge in [-0.1, -0.05) is 45.9 Å². The normalized spacial score (nSPS) is 11.3. The summed E-state index contributed by atoms with van der Waals surface area (Å²) in [5, 5.41) is 0. The molecule has 0 unspecified atom stereocenters. The molecule has 0 aromatic heterocycles. The zero-order valence-corrected chi connectivity index (χ0v) is 11.7. The Morgan fingerprint density at radius 1 is 0.550 bits per heavy atom. The average molecular weight is 318 g/mol. The molecule has 0 bridgehead atoms. The number of benzene rings is 2. The molecule has 0 amide bonds. The third-order valence-electron chi connectivity index (χ3n) is 2.50. The highest BCUT2D eigenvalue weighted by Crippen LogP contribution is 2.38. The van der Waals surface area contributed by atoms with Crippen molar-refractivity contribution in [1.29, 1.82) is 0 Å². The second-order valence-electron chi connectivity index (χ2n) is 3.91. The summed E-state index contributed by atoms with van der Waals surface area (Å²) < 4.78 is 49.5. The predicted molar refractivity (Wildman–Crippen MR) is 74.5 cm³/mol.